The molecule has 0 atom stereocenters. The van der Waals surface area contributed by atoms with E-state index in [9.17, 15) is 10.1 Å². The maximum Gasteiger partial charge on any atom is 0.270 e. The van der Waals surface area contributed by atoms with Gasteiger partial charge in [-0.3, -0.25) is 10.1 Å². The van der Waals surface area contributed by atoms with Crippen LogP contribution in [-0.2, 0) is 6.54 Å². The van der Waals surface area contributed by atoms with E-state index in [1.165, 1.54) is 12.1 Å². The van der Waals surface area contributed by atoms with E-state index in [1.54, 1.807) is 12.3 Å². The summed E-state index contributed by atoms with van der Waals surface area (Å²) in [6.07, 6.45) is 1.61. The van der Waals surface area contributed by atoms with Crippen LogP contribution in [-0.4, -0.2) is 16.5 Å². The number of nitro benzene ring substituents is 1. The molecule has 0 fully saturated rings. The van der Waals surface area contributed by atoms with Crippen LogP contribution in [0.2, 0.25) is 0 Å². The fourth-order valence-electron chi connectivity index (χ4n) is 1.97. The number of hydrogen-bond donors (Lipinski definition) is 1. The van der Waals surface area contributed by atoms with Gasteiger partial charge in [-0.15, -0.1) is 0 Å². The minimum Gasteiger partial charge on any atom is -0.439 e. The molecule has 21 heavy (non-hydrogen) atoms. The van der Waals surface area contributed by atoms with E-state index >= 15 is 0 Å². The Labute approximate surface area is 123 Å². The maximum atomic E-state index is 10.9. The van der Waals surface area contributed by atoms with Gasteiger partial charge in [0.25, 0.3) is 5.69 Å². The SMILES string of the molecule is Cc1ccc([N+](=O)[O-])cc1-c1cnc(CNCC(C)C)o1. The second-order valence-electron chi connectivity index (χ2n) is 5.40. The van der Waals surface area contributed by atoms with Crippen LogP contribution < -0.4 is 5.32 Å². The van der Waals surface area contributed by atoms with Crippen molar-refractivity contribution >= 4 is 5.69 Å². The van der Waals surface area contributed by atoms with Gasteiger partial charge >= 0.3 is 0 Å². The van der Waals surface area contributed by atoms with Crippen molar-refractivity contribution < 1.29 is 9.34 Å². The fraction of sp³-hybridized carbons (Fsp3) is 0.400. The molecule has 1 aromatic carbocycles. The zero-order valence-corrected chi connectivity index (χ0v) is 12.4. The molecule has 0 radical (unpaired) electrons. The van der Waals surface area contributed by atoms with E-state index in [0.29, 0.717) is 29.7 Å². The molecule has 0 saturated carbocycles. The van der Waals surface area contributed by atoms with Gasteiger partial charge in [0, 0.05) is 17.7 Å². The predicted octanol–water partition coefficient (Wildman–Crippen LogP) is 3.30. The van der Waals surface area contributed by atoms with Crippen LogP contribution in [0, 0.1) is 23.0 Å². The van der Waals surface area contributed by atoms with Crippen LogP contribution in [0.4, 0.5) is 5.69 Å². The van der Waals surface area contributed by atoms with Crippen molar-refractivity contribution in [1.82, 2.24) is 10.3 Å². The summed E-state index contributed by atoms with van der Waals surface area (Å²) in [7, 11) is 0. The number of oxazole rings is 1. The minimum atomic E-state index is -0.412. The predicted molar refractivity (Wildman–Crippen MR) is 79.9 cm³/mol. The number of benzene rings is 1. The number of hydrogen-bond acceptors (Lipinski definition) is 5. The third-order valence-corrected chi connectivity index (χ3v) is 3.08. The Hall–Kier alpha value is -2.21. The Balaban J connectivity index is 2.17. The van der Waals surface area contributed by atoms with Gasteiger partial charge in [-0.05, 0) is 24.9 Å². The summed E-state index contributed by atoms with van der Waals surface area (Å²) in [5.74, 6) is 1.69. The fourth-order valence-corrected chi connectivity index (χ4v) is 1.97. The van der Waals surface area contributed by atoms with Crippen molar-refractivity contribution in [2.45, 2.75) is 27.3 Å². The Kier molecular flexibility index (Phi) is 4.70. The summed E-state index contributed by atoms with van der Waals surface area (Å²) in [5.41, 5.74) is 1.66. The third kappa shape index (κ3) is 3.88. The number of rotatable bonds is 6. The molecule has 0 amide bonds. The van der Waals surface area contributed by atoms with Crippen molar-refractivity contribution in [3.8, 4) is 11.3 Å². The van der Waals surface area contributed by atoms with Crippen molar-refractivity contribution in [2.24, 2.45) is 5.92 Å². The van der Waals surface area contributed by atoms with Gasteiger partial charge in [0.2, 0.25) is 5.89 Å². The van der Waals surface area contributed by atoms with Gasteiger partial charge in [-0.1, -0.05) is 19.9 Å². The lowest BCUT2D eigenvalue weighted by Crippen LogP contribution is -2.18. The minimum absolute atomic E-state index is 0.0477. The topological polar surface area (TPSA) is 81.2 Å². The molecule has 1 aromatic heterocycles. The van der Waals surface area contributed by atoms with Gasteiger partial charge in [0.15, 0.2) is 5.76 Å². The highest BCUT2D eigenvalue weighted by molar-refractivity contribution is 5.64. The highest BCUT2D eigenvalue weighted by Crippen LogP contribution is 2.28. The molecule has 0 aliphatic heterocycles. The first-order valence-corrected chi connectivity index (χ1v) is 6.88. The van der Waals surface area contributed by atoms with Crippen LogP contribution in [0.1, 0.15) is 25.3 Å². The van der Waals surface area contributed by atoms with Crippen LogP contribution in [0.15, 0.2) is 28.8 Å². The monoisotopic (exact) mass is 289 g/mol. The van der Waals surface area contributed by atoms with Crippen molar-refractivity contribution in [3.63, 3.8) is 0 Å². The highest BCUT2D eigenvalue weighted by Gasteiger charge is 2.14. The second-order valence-corrected chi connectivity index (χ2v) is 5.40. The lowest BCUT2D eigenvalue weighted by molar-refractivity contribution is -0.384. The number of aryl methyl sites for hydroxylation is 1. The van der Waals surface area contributed by atoms with E-state index in [0.717, 1.165) is 12.1 Å². The molecule has 1 heterocycles. The van der Waals surface area contributed by atoms with Gasteiger partial charge < -0.3 is 9.73 Å². The van der Waals surface area contributed by atoms with E-state index in [1.807, 2.05) is 6.92 Å². The zero-order chi connectivity index (χ0) is 15.4. The van der Waals surface area contributed by atoms with Crippen molar-refractivity contribution in [2.75, 3.05) is 6.54 Å². The summed E-state index contributed by atoms with van der Waals surface area (Å²) >= 11 is 0. The first kappa shape index (κ1) is 15.2. The molecule has 2 rings (SSSR count). The van der Waals surface area contributed by atoms with Crippen LogP contribution >= 0.6 is 0 Å². The second kappa shape index (κ2) is 6.49. The standard InChI is InChI=1S/C15H19N3O3/c1-10(2)7-16-9-15-17-8-14(21-15)13-6-12(18(19)20)5-4-11(13)3/h4-6,8,10,16H,7,9H2,1-3H3. The van der Waals surface area contributed by atoms with Crippen molar-refractivity contribution in [1.29, 1.82) is 0 Å². The lowest BCUT2D eigenvalue weighted by atomic mass is 10.1. The van der Waals surface area contributed by atoms with E-state index in [4.69, 9.17) is 4.42 Å². The highest BCUT2D eigenvalue weighted by atomic mass is 16.6. The van der Waals surface area contributed by atoms with Gasteiger partial charge in [0.05, 0.1) is 17.7 Å². The average Bonchev–Trinajstić information content (AvgIpc) is 2.87. The third-order valence-electron chi connectivity index (χ3n) is 3.08. The smallest absolute Gasteiger partial charge is 0.270 e. The Morgan fingerprint density at radius 1 is 1.43 bits per heavy atom. The number of nitrogens with one attached hydrogen (secondary N) is 1. The molecule has 0 unspecified atom stereocenters. The molecule has 112 valence electrons. The Morgan fingerprint density at radius 3 is 2.86 bits per heavy atom. The van der Waals surface area contributed by atoms with Gasteiger partial charge in [0.1, 0.15) is 0 Å². The summed E-state index contributed by atoms with van der Waals surface area (Å²) in [4.78, 5) is 14.6. The first-order chi connectivity index (χ1) is 9.97. The molecule has 0 saturated heterocycles. The van der Waals surface area contributed by atoms with E-state index < -0.39 is 4.92 Å². The molecule has 0 bridgehead atoms. The summed E-state index contributed by atoms with van der Waals surface area (Å²) in [6, 6.07) is 4.72. The molecular weight excluding hydrogens is 270 g/mol. The van der Waals surface area contributed by atoms with Crippen LogP contribution in [0.3, 0.4) is 0 Å². The molecule has 0 spiro atoms. The molecule has 2 aromatic rings. The lowest BCUT2D eigenvalue weighted by Gasteiger charge is -2.04. The van der Waals surface area contributed by atoms with E-state index in [2.05, 4.69) is 24.1 Å². The molecule has 0 aliphatic rings. The summed E-state index contributed by atoms with van der Waals surface area (Å²) in [6.45, 7) is 7.57. The zero-order valence-electron chi connectivity index (χ0n) is 12.4. The van der Waals surface area contributed by atoms with E-state index in [-0.39, 0.29) is 5.69 Å². The summed E-state index contributed by atoms with van der Waals surface area (Å²) in [5, 5.41) is 14.1. The molecule has 0 aliphatic carbocycles. The molecule has 6 heteroatoms. The largest absolute Gasteiger partial charge is 0.439 e. The number of aromatic nitrogens is 1. The van der Waals surface area contributed by atoms with Gasteiger partial charge in [-0.2, -0.15) is 0 Å². The number of nitrogens with zero attached hydrogens (tertiary/aromatic N) is 2. The maximum absolute atomic E-state index is 10.9. The Bertz CT molecular complexity index is 635. The summed E-state index contributed by atoms with van der Waals surface area (Å²) < 4.78 is 5.67. The molecule has 1 N–H and O–H groups in total. The molecule has 6 nitrogen and oxygen atoms in total. The van der Waals surface area contributed by atoms with Crippen molar-refractivity contribution in [3.05, 3.63) is 46.0 Å². The average molecular weight is 289 g/mol. The number of non-ortho nitro benzene ring substituents is 1. The first-order valence-electron chi connectivity index (χ1n) is 6.88. The quantitative estimate of drug-likeness (QED) is 0.651. The number of nitro groups is 1. The normalized spacial score (nSPS) is 11.0. The van der Waals surface area contributed by atoms with Gasteiger partial charge in [-0.25, -0.2) is 4.98 Å². The molecular formula is C15H19N3O3. The van der Waals surface area contributed by atoms with Crippen LogP contribution in [0.5, 0.6) is 0 Å². The van der Waals surface area contributed by atoms with Crippen LogP contribution in [0.25, 0.3) is 11.3 Å². The Morgan fingerprint density at radius 2 is 2.19 bits per heavy atom.